The van der Waals surface area contributed by atoms with Crippen molar-refractivity contribution in [2.24, 2.45) is 0 Å². The number of aromatic amines is 1. The van der Waals surface area contributed by atoms with Crippen molar-refractivity contribution in [3.05, 3.63) is 89.2 Å². The number of nitrogens with zero attached hydrogens (tertiary/aromatic N) is 1. The van der Waals surface area contributed by atoms with Crippen LogP contribution in [0.2, 0.25) is 0 Å². The van der Waals surface area contributed by atoms with Gasteiger partial charge in [-0.25, -0.2) is 13.8 Å². The van der Waals surface area contributed by atoms with Crippen molar-refractivity contribution in [3.8, 4) is 22.5 Å². The molecule has 0 unspecified atom stereocenters. The van der Waals surface area contributed by atoms with Gasteiger partial charge in [-0.2, -0.15) is 13.2 Å². The summed E-state index contributed by atoms with van der Waals surface area (Å²) in [6.07, 6.45) is -3.91. The zero-order chi connectivity index (χ0) is 25.3. The Hall–Kier alpha value is -4.41. The van der Waals surface area contributed by atoms with Crippen LogP contribution in [0.3, 0.4) is 0 Å². The van der Waals surface area contributed by atoms with Crippen LogP contribution in [0.25, 0.3) is 22.5 Å². The topological polar surface area (TPSA) is 110 Å². The molecule has 4 aromatic rings. The number of anilines is 2. The number of hydrogen-bond acceptors (Lipinski definition) is 4. The lowest BCUT2D eigenvalue weighted by molar-refractivity contribution is -0.140. The highest BCUT2D eigenvalue weighted by Gasteiger charge is 2.34. The van der Waals surface area contributed by atoms with E-state index in [9.17, 15) is 26.7 Å². The van der Waals surface area contributed by atoms with Crippen LogP contribution in [0.1, 0.15) is 21.6 Å². The molecule has 6 nitrogen and oxygen atoms in total. The maximum Gasteiger partial charge on any atom is 0.432 e. The first-order valence-electron chi connectivity index (χ1n) is 10.2. The minimum atomic E-state index is -4.58. The predicted molar refractivity (Wildman–Crippen MR) is 121 cm³/mol. The van der Waals surface area contributed by atoms with Crippen LogP contribution in [0, 0.1) is 11.6 Å². The number of nitrogens with one attached hydrogen (secondary N) is 2. The highest BCUT2D eigenvalue weighted by molar-refractivity contribution is 6.06. The minimum absolute atomic E-state index is 0.0834. The van der Waals surface area contributed by atoms with Gasteiger partial charge >= 0.3 is 6.18 Å². The fourth-order valence-electron chi connectivity index (χ4n) is 3.61. The average molecular weight is 487 g/mol. The van der Waals surface area contributed by atoms with E-state index in [0.29, 0.717) is 23.0 Å². The number of alkyl halides is 3. The SMILES string of the molecule is Nc1ccc(-c2ccc(-c3ncc(C(F)(F)F)[nH]3)c3c2CNC3=O)c(F)c1.Nc1ccc(F)cc1. The second-order valence-electron chi connectivity index (χ2n) is 7.63. The van der Waals surface area contributed by atoms with Gasteiger partial charge in [-0.15, -0.1) is 0 Å². The monoisotopic (exact) mass is 487 g/mol. The van der Waals surface area contributed by atoms with Crippen LogP contribution in [-0.2, 0) is 12.7 Å². The fraction of sp³-hybridized carbons (Fsp3) is 0.0833. The molecule has 0 bridgehead atoms. The molecule has 180 valence electrons. The molecule has 0 spiro atoms. The summed E-state index contributed by atoms with van der Waals surface area (Å²) in [6, 6.07) is 12.9. The lowest BCUT2D eigenvalue weighted by Crippen LogP contribution is -2.13. The number of hydrogen-bond donors (Lipinski definition) is 4. The van der Waals surface area contributed by atoms with Crippen LogP contribution in [0.5, 0.6) is 0 Å². The molecule has 1 aromatic heterocycles. The highest BCUT2D eigenvalue weighted by atomic mass is 19.4. The van der Waals surface area contributed by atoms with Gasteiger partial charge in [-0.1, -0.05) is 6.07 Å². The molecule has 0 radical (unpaired) electrons. The molecule has 0 saturated heterocycles. The Balaban J connectivity index is 0.000000308. The molecular formula is C24H18F5N5O. The van der Waals surface area contributed by atoms with E-state index in [2.05, 4.69) is 15.3 Å². The quantitative estimate of drug-likeness (QED) is 0.232. The van der Waals surface area contributed by atoms with Crippen molar-refractivity contribution >= 4 is 17.3 Å². The lowest BCUT2D eigenvalue weighted by atomic mass is 9.92. The molecule has 0 aliphatic carbocycles. The van der Waals surface area contributed by atoms with Crippen molar-refractivity contribution in [2.45, 2.75) is 12.7 Å². The number of H-pyrrole nitrogens is 1. The number of rotatable bonds is 2. The molecule has 5 rings (SSSR count). The molecule has 1 aliphatic rings. The van der Waals surface area contributed by atoms with Crippen molar-refractivity contribution < 1.29 is 26.7 Å². The Labute approximate surface area is 195 Å². The number of nitrogen functional groups attached to an aromatic ring is 2. The number of carbonyl (C=O) groups is 1. The number of fused-ring (bicyclic) bond motifs is 1. The molecule has 3 aromatic carbocycles. The van der Waals surface area contributed by atoms with Crippen molar-refractivity contribution in [1.29, 1.82) is 0 Å². The van der Waals surface area contributed by atoms with Gasteiger partial charge in [0.05, 0.1) is 11.8 Å². The van der Waals surface area contributed by atoms with E-state index >= 15 is 0 Å². The van der Waals surface area contributed by atoms with Gasteiger partial charge in [-0.3, -0.25) is 4.79 Å². The van der Waals surface area contributed by atoms with Crippen molar-refractivity contribution in [3.63, 3.8) is 0 Å². The third-order valence-corrected chi connectivity index (χ3v) is 5.26. The molecule has 0 saturated carbocycles. The molecule has 1 amide bonds. The Kier molecular flexibility index (Phi) is 6.16. The Bertz CT molecular complexity index is 1380. The molecule has 0 fully saturated rings. The lowest BCUT2D eigenvalue weighted by Gasteiger charge is -2.12. The van der Waals surface area contributed by atoms with E-state index in [4.69, 9.17) is 11.5 Å². The molecule has 6 N–H and O–H groups in total. The normalized spacial score (nSPS) is 12.5. The summed E-state index contributed by atoms with van der Waals surface area (Å²) in [7, 11) is 0. The summed E-state index contributed by atoms with van der Waals surface area (Å²) in [5, 5.41) is 2.62. The van der Waals surface area contributed by atoms with Crippen LogP contribution >= 0.6 is 0 Å². The maximum absolute atomic E-state index is 14.3. The fourth-order valence-corrected chi connectivity index (χ4v) is 3.61. The summed E-state index contributed by atoms with van der Waals surface area (Å²) in [4.78, 5) is 18.2. The second kappa shape index (κ2) is 9.09. The van der Waals surface area contributed by atoms with Gasteiger partial charge < -0.3 is 21.8 Å². The molecule has 35 heavy (non-hydrogen) atoms. The minimum Gasteiger partial charge on any atom is -0.399 e. The number of nitrogens with two attached hydrogens (primary N) is 2. The first kappa shape index (κ1) is 23.7. The zero-order valence-electron chi connectivity index (χ0n) is 17.9. The summed E-state index contributed by atoms with van der Waals surface area (Å²) < 4.78 is 64.8. The standard InChI is InChI=1S/C18H12F4N4O.C6H6FN/c19-13-5-8(23)1-2-10(13)9-3-4-11(15-12(9)6-25-17(15)27)16-24-7-14(26-16)18(20,21)22;7-5-1-3-6(8)4-2-5/h1-5,7H,6,23H2,(H,24,26)(H,25,27);1-4H,8H2. The maximum atomic E-state index is 14.3. The summed E-state index contributed by atoms with van der Waals surface area (Å²) in [5.74, 6) is -1.34. The third-order valence-electron chi connectivity index (χ3n) is 5.26. The number of imidazole rings is 1. The van der Waals surface area contributed by atoms with Gasteiger partial charge in [0, 0.05) is 29.0 Å². The zero-order valence-corrected chi connectivity index (χ0v) is 17.9. The largest absolute Gasteiger partial charge is 0.432 e. The summed E-state index contributed by atoms with van der Waals surface area (Å²) >= 11 is 0. The van der Waals surface area contributed by atoms with Crippen molar-refractivity contribution in [1.82, 2.24) is 15.3 Å². The molecular weight excluding hydrogens is 469 g/mol. The summed E-state index contributed by atoms with van der Waals surface area (Å²) in [6.45, 7) is 0.133. The van der Waals surface area contributed by atoms with Crippen LogP contribution in [0.4, 0.5) is 33.3 Å². The second-order valence-corrected chi connectivity index (χ2v) is 7.63. The number of aromatic nitrogens is 2. The Morgan fingerprint density at radius 3 is 2.09 bits per heavy atom. The van der Waals surface area contributed by atoms with Gasteiger partial charge in [0.25, 0.3) is 5.91 Å². The van der Waals surface area contributed by atoms with E-state index < -0.39 is 23.6 Å². The predicted octanol–water partition coefficient (Wildman–Crippen LogP) is 5.14. The van der Waals surface area contributed by atoms with E-state index in [1.54, 1.807) is 6.07 Å². The average Bonchev–Trinajstić information content (AvgIpc) is 3.44. The van der Waals surface area contributed by atoms with E-state index in [0.717, 1.165) is 0 Å². The van der Waals surface area contributed by atoms with Crippen LogP contribution < -0.4 is 16.8 Å². The molecule has 11 heteroatoms. The van der Waals surface area contributed by atoms with Gasteiger partial charge in [0.15, 0.2) is 0 Å². The number of amides is 1. The van der Waals surface area contributed by atoms with Gasteiger partial charge in [0.2, 0.25) is 0 Å². The number of halogens is 5. The molecule has 0 atom stereocenters. The van der Waals surface area contributed by atoms with Crippen LogP contribution in [0.15, 0.2) is 60.8 Å². The number of carbonyl (C=O) groups excluding carboxylic acids is 1. The van der Waals surface area contributed by atoms with E-state index in [1.807, 2.05) is 0 Å². The van der Waals surface area contributed by atoms with Gasteiger partial charge in [-0.05, 0) is 59.7 Å². The Morgan fingerprint density at radius 2 is 1.49 bits per heavy atom. The molecule has 2 heterocycles. The highest BCUT2D eigenvalue weighted by Crippen LogP contribution is 2.37. The first-order valence-corrected chi connectivity index (χ1v) is 10.2. The smallest absolute Gasteiger partial charge is 0.399 e. The van der Waals surface area contributed by atoms with Crippen LogP contribution in [-0.4, -0.2) is 15.9 Å². The van der Waals surface area contributed by atoms with E-state index in [-0.39, 0.29) is 40.6 Å². The Morgan fingerprint density at radius 1 is 0.857 bits per heavy atom. The van der Waals surface area contributed by atoms with Gasteiger partial charge in [0.1, 0.15) is 23.2 Å². The summed E-state index contributed by atoms with van der Waals surface area (Å²) in [5.41, 5.74) is 12.3. The third kappa shape index (κ3) is 4.93. The molecule has 1 aliphatic heterocycles. The van der Waals surface area contributed by atoms with E-state index in [1.165, 1.54) is 48.5 Å². The van der Waals surface area contributed by atoms with Crippen molar-refractivity contribution in [2.75, 3.05) is 11.5 Å². The first-order chi connectivity index (χ1) is 16.5. The number of benzene rings is 3.